The lowest BCUT2D eigenvalue weighted by atomic mass is 10.1. The van der Waals surface area contributed by atoms with Gasteiger partial charge in [0.15, 0.2) is 0 Å². The molecule has 5 nitrogen and oxygen atoms in total. The molecule has 0 radical (unpaired) electrons. The van der Waals surface area contributed by atoms with Crippen LogP contribution in [0.15, 0.2) is 42.7 Å². The van der Waals surface area contributed by atoms with Crippen LogP contribution in [0.1, 0.15) is 5.56 Å². The summed E-state index contributed by atoms with van der Waals surface area (Å²) in [5.41, 5.74) is 1.34. The predicted octanol–water partition coefficient (Wildman–Crippen LogP) is 2.22. The molecule has 3 heterocycles. The minimum atomic E-state index is 0.215. The molecule has 2 aliphatic heterocycles. The Balaban J connectivity index is 1.49. The standard InChI is InChI=1S/C17H19ClN4O/c18-14-8-19-17(20-9-14)22-11-15-16(12-22)23-7-6-21(15)10-13-4-2-1-3-5-13/h1-5,8-9,15-16H,6-7,10-12H2/t15-,16-/m1/s1. The minimum Gasteiger partial charge on any atom is -0.373 e. The van der Waals surface area contributed by atoms with Gasteiger partial charge in [-0.05, 0) is 5.56 Å². The first-order chi connectivity index (χ1) is 11.3. The van der Waals surface area contributed by atoms with Gasteiger partial charge in [-0.2, -0.15) is 0 Å². The van der Waals surface area contributed by atoms with Gasteiger partial charge in [0.25, 0.3) is 0 Å². The topological polar surface area (TPSA) is 41.5 Å². The van der Waals surface area contributed by atoms with Gasteiger partial charge in [0.2, 0.25) is 5.95 Å². The van der Waals surface area contributed by atoms with E-state index in [1.165, 1.54) is 5.56 Å². The molecule has 0 N–H and O–H groups in total. The molecule has 2 fully saturated rings. The van der Waals surface area contributed by atoms with Gasteiger partial charge >= 0.3 is 0 Å². The maximum absolute atomic E-state index is 5.98. The highest BCUT2D eigenvalue weighted by Crippen LogP contribution is 2.26. The van der Waals surface area contributed by atoms with Gasteiger partial charge in [0.1, 0.15) is 0 Å². The van der Waals surface area contributed by atoms with E-state index in [0.717, 1.165) is 38.7 Å². The lowest BCUT2D eigenvalue weighted by molar-refractivity contribution is -0.0499. The second kappa shape index (κ2) is 6.43. The molecule has 2 aliphatic rings. The van der Waals surface area contributed by atoms with Crippen LogP contribution in [0.3, 0.4) is 0 Å². The first-order valence-corrected chi connectivity index (χ1v) is 8.29. The molecule has 6 heteroatoms. The zero-order valence-electron chi connectivity index (χ0n) is 12.8. The van der Waals surface area contributed by atoms with E-state index in [2.05, 4.69) is 50.1 Å². The van der Waals surface area contributed by atoms with Crippen molar-refractivity contribution in [3.05, 3.63) is 53.3 Å². The summed E-state index contributed by atoms with van der Waals surface area (Å²) in [7, 11) is 0. The molecule has 0 spiro atoms. The van der Waals surface area contributed by atoms with E-state index in [0.29, 0.717) is 11.1 Å². The Labute approximate surface area is 140 Å². The number of nitrogens with zero attached hydrogens (tertiary/aromatic N) is 4. The number of morpholine rings is 1. The molecule has 0 saturated carbocycles. The van der Waals surface area contributed by atoms with Gasteiger partial charge in [-0.15, -0.1) is 0 Å². The summed E-state index contributed by atoms with van der Waals surface area (Å²) < 4.78 is 5.98. The number of ether oxygens (including phenoxy) is 1. The number of hydrogen-bond acceptors (Lipinski definition) is 5. The molecule has 23 heavy (non-hydrogen) atoms. The summed E-state index contributed by atoms with van der Waals surface area (Å²) in [6.07, 6.45) is 3.51. The Morgan fingerprint density at radius 2 is 1.91 bits per heavy atom. The van der Waals surface area contributed by atoms with E-state index in [-0.39, 0.29) is 6.10 Å². The van der Waals surface area contributed by atoms with Gasteiger partial charge in [0, 0.05) is 26.2 Å². The van der Waals surface area contributed by atoms with Crippen molar-refractivity contribution < 1.29 is 4.74 Å². The van der Waals surface area contributed by atoms with Crippen molar-refractivity contribution in [2.24, 2.45) is 0 Å². The van der Waals surface area contributed by atoms with Gasteiger partial charge < -0.3 is 9.64 Å². The Kier molecular flexibility index (Phi) is 4.16. The molecule has 1 aromatic heterocycles. The monoisotopic (exact) mass is 330 g/mol. The van der Waals surface area contributed by atoms with E-state index >= 15 is 0 Å². The second-order valence-electron chi connectivity index (χ2n) is 6.04. The highest BCUT2D eigenvalue weighted by molar-refractivity contribution is 6.30. The van der Waals surface area contributed by atoms with Crippen LogP contribution in [0, 0.1) is 0 Å². The molecule has 2 saturated heterocycles. The number of rotatable bonds is 3. The molecule has 2 aromatic rings. The molecule has 1 aromatic carbocycles. The summed E-state index contributed by atoms with van der Waals surface area (Å²) >= 11 is 5.88. The minimum absolute atomic E-state index is 0.215. The Bertz CT molecular complexity index is 651. The zero-order chi connectivity index (χ0) is 15.6. The number of fused-ring (bicyclic) bond motifs is 1. The van der Waals surface area contributed by atoms with E-state index in [1.54, 1.807) is 12.4 Å². The highest BCUT2D eigenvalue weighted by Gasteiger charge is 2.40. The third-order valence-corrected chi connectivity index (χ3v) is 4.73. The summed E-state index contributed by atoms with van der Waals surface area (Å²) in [5, 5.41) is 0.562. The van der Waals surface area contributed by atoms with Crippen LogP contribution >= 0.6 is 11.6 Å². The predicted molar refractivity (Wildman–Crippen MR) is 89.6 cm³/mol. The average molecular weight is 331 g/mol. The van der Waals surface area contributed by atoms with Crippen LogP contribution in [-0.4, -0.2) is 53.3 Å². The van der Waals surface area contributed by atoms with Crippen molar-refractivity contribution in [3.63, 3.8) is 0 Å². The Morgan fingerprint density at radius 1 is 1.13 bits per heavy atom. The maximum atomic E-state index is 5.98. The molecule has 0 unspecified atom stereocenters. The normalized spacial score (nSPS) is 24.7. The fourth-order valence-electron chi connectivity index (χ4n) is 3.40. The number of benzene rings is 1. The largest absolute Gasteiger partial charge is 0.373 e. The lowest BCUT2D eigenvalue weighted by Gasteiger charge is -2.36. The summed E-state index contributed by atoms with van der Waals surface area (Å²) in [6, 6.07) is 11.0. The molecule has 0 aliphatic carbocycles. The fraction of sp³-hybridized carbons (Fsp3) is 0.412. The Morgan fingerprint density at radius 3 is 2.70 bits per heavy atom. The molecular formula is C17H19ClN4O. The molecule has 120 valence electrons. The van der Waals surface area contributed by atoms with Crippen LogP contribution in [0.4, 0.5) is 5.95 Å². The average Bonchev–Trinajstić information content (AvgIpc) is 3.02. The first kappa shape index (κ1) is 14.9. The van der Waals surface area contributed by atoms with Crippen LogP contribution in [0.25, 0.3) is 0 Å². The summed E-state index contributed by atoms with van der Waals surface area (Å²) in [6.45, 7) is 4.42. The van der Waals surface area contributed by atoms with Gasteiger partial charge in [-0.3, -0.25) is 4.90 Å². The second-order valence-corrected chi connectivity index (χ2v) is 6.48. The van der Waals surface area contributed by atoms with Crippen molar-refractivity contribution in [1.29, 1.82) is 0 Å². The summed E-state index contributed by atoms with van der Waals surface area (Å²) in [4.78, 5) is 13.4. The number of anilines is 1. The van der Waals surface area contributed by atoms with Crippen LogP contribution in [-0.2, 0) is 11.3 Å². The van der Waals surface area contributed by atoms with Gasteiger partial charge in [-0.1, -0.05) is 41.9 Å². The van der Waals surface area contributed by atoms with Crippen LogP contribution in [0.2, 0.25) is 5.02 Å². The summed E-state index contributed by atoms with van der Waals surface area (Å²) in [5.74, 6) is 0.729. The molecule has 0 bridgehead atoms. The molecule has 4 rings (SSSR count). The van der Waals surface area contributed by atoms with E-state index < -0.39 is 0 Å². The Hall–Kier alpha value is -1.69. The molecular weight excluding hydrogens is 312 g/mol. The van der Waals surface area contributed by atoms with E-state index in [9.17, 15) is 0 Å². The van der Waals surface area contributed by atoms with Crippen LogP contribution in [0.5, 0.6) is 0 Å². The van der Waals surface area contributed by atoms with Crippen molar-refractivity contribution in [2.45, 2.75) is 18.7 Å². The SMILES string of the molecule is Clc1cnc(N2C[C@@H]3[C@@H](C2)OCCN3Cc2ccccc2)nc1. The molecule has 2 atom stereocenters. The number of aromatic nitrogens is 2. The smallest absolute Gasteiger partial charge is 0.225 e. The zero-order valence-corrected chi connectivity index (χ0v) is 13.6. The molecule has 0 amide bonds. The van der Waals surface area contributed by atoms with Crippen molar-refractivity contribution in [2.75, 3.05) is 31.1 Å². The van der Waals surface area contributed by atoms with Crippen molar-refractivity contribution in [3.8, 4) is 0 Å². The quantitative estimate of drug-likeness (QED) is 0.863. The highest BCUT2D eigenvalue weighted by atomic mass is 35.5. The fourth-order valence-corrected chi connectivity index (χ4v) is 3.50. The third kappa shape index (κ3) is 3.17. The maximum Gasteiger partial charge on any atom is 0.225 e. The lowest BCUT2D eigenvalue weighted by Crippen LogP contribution is -2.50. The van der Waals surface area contributed by atoms with Crippen molar-refractivity contribution >= 4 is 17.5 Å². The number of halogens is 1. The van der Waals surface area contributed by atoms with Crippen molar-refractivity contribution in [1.82, 2.24) is 14.9 Å². The number of hydrogen-bond donors (Lipinski definition) is 0. The van der Waals surface area contributed by atoms with Crippen LogP contribution < -0.4 is 4.90 Å². The van der Waals surface area contributed by atoms with Gasteiger partial charge in [0.05, 0.1) is 36.2 Å². The van der Waals surface area contributed by atoms with Gasteiger partial charge in [-0.25, -0.2) is 9.97 Å². The van der Waals surface area contributed by atoms with E-state index in [4.69, 9.17) is 16.3 Å². The first-order valence-electron chi connectivity index (χ1n) is 7.92. The van der Waals surface area contributed by atoms with E-state index in [1.807, 2.05) is 0 Å². The third-order valence-electron chi connectivity index (χ3n) is 4.53.